The predicted octanol–water partition coefficient (Wildman–Crippen LogP) is 4.43. The molecule has 0 radical (unpaired) electrons. The molecule has 1 N–H and O–H groups in total. The second-order valence-electron chi connectivity index (χ2n) is 5.55. The maximum atomic E-state index is 12.1. The van der Waals surface area contributed by atoms with E-state index in [1.54, 1.807) is 18.3 Å². The first-order chi connectivity index (χ1) is 11.7. The molecule has 118 valence electrons. The first kappa shape index (κ1) is 15.7. The number of aryl methyl sites for hydroxylation is 1. The van der Waals surface area contributed by atoms with Crippen LogP contribution in [0.2, 0.25) is 0 Å². The first-order valence-corrected chi connectivity index (χ1v) is 7.78. The highest BCUT2D eigenvalue weighted by Gasteiger charge is 2.04. The number of carbonyl (C=O) groups excluding carboxylic acids is 1. The molecule has 0 saturated heterocycles. The van der Waals surface area contributed by atoms with Crippen LogP contribution in [0.15, 0.2) is 84.0 Å². The summed E-state index contributed by atoms with van der Waals surface area (Å²) >= 11 is 0. The van der Waals surface area contributed by atoms with Gasteiger partial charge >= 0.3 is 0 Å². The maximum absolute atomic E-state index is 12.1. The zero-order valence-electron chi connectivity index (χ0n) is 13.4. The lowest BCUT2D eigenvalue weighted by Crippen LogP contribution is -2.17. The fourth-order valence-electron chi connectivity index (χ4n) is 2.33. The number of amides is 1. The standard InChI is InChI=1S/C21H18N2O/c1-16-7-9-17(10-8-16)15-22-23-21(24)20-13-11-19(12-14-20)18-5-3-2-4-6-18/h2-15H,1H3,(H,23,24). The van der Waals surface area contributed by atoms with Crippen LogP contribution in [-0.2, 0) is 0 Å². The minimum absolute atomic E-state index is 0.224. The fraction of sp³-hybridized carbons (Fsp3) is 0.0476. The lowest BCUT2D eigenvalue weighted by Gasteiger charge is -2.03. The zero-order valence-corrected chi connectivity index (χ0v) is 13.4. The lowest BCUT2D eigenvalue weighted by molar-refractivity contribution is 0.0955. The Morgan fingerprint density at radius 1 is 0.833 bits per heavy atom. The van der Waals surface area contributed by atoms with Crippen LogP contribution in [0, 0.1) is 6.92 Å². The molecule has 3 rings (SSSR count). The molecule has 0 heterocycles. The molecule has 3 nitrogen and oxygen atoms in total. The van der Waals surface area contributed by atoms with Gasteiger partial charge in [0.1, 0.15) is 0 Å². The summed E-state index contributed by atoms with van der Waals surface area (Å²) in [5.74, 6) is -0.224. The summed E-state index contributed by atoms with van der Waals surface area (Å²) in [6.07, 6.45) is 1.63. The molecule has 24 heavy (non-hydrogen) atoms. The smallest absolute Gasteiger partial charge is 0.267 e. The van der Waals surface area contributed by atoms with Gasteiger partial charge in [-0.1, -0.05) is 72.3 Å². The number of rotatable bonds is 4. The van der Waals surface area contributed by atoms with E-state index in [0.29, 0.717) is 5.56 Å². The Labute approximate surface area is 141 Å². The summed E-state index contributed by atoms with van der Waals surface area (Å²) in [6, 6.07) is 25.5. The van der Waals surface area contributed by atoms with Crippen molar-refractivity contribution in [3.63, 3.8) is 0 Å². The normalized spacial score (nSPS) is 10.7. The quantitative estimate of drug-likeness (QED) is 0.562. The molecule has 3 aromatic carbocycles. The lowest BCUT2D eigenvalue weighted by atomic mass is 10.0. The average molecular weight is 314 g/mol. The fourth-order valence-corrected chi connectivity index (χ4v) is 2.33. The van der Waals surface area contributed by atoms with Gasteiger partial charge in [0.2, 0.25) is 0 Å². The molecule has 1 amide bonds. The van der Waals surface area contributed by atoms with Crippen LogP contribution in [0.25, 0.3) is 11.1 Å². The molecule has 3 aromatic rings. The van der Waals surface area contributed by atoms with E-state index < -0.39 is 0 Å². The van der Waals surface area contributed by atoms with Gasteiger partial charge in [-0.25, -0.2) is 5.43 Å². The third-order valence-electron chi connectivity index (χ3n) is 3.71. The van der Waals surface area contributed by atoms with Crippen LogP contribution in [0.5, 0.6) is 0 Å². The van der Waals surface area contributed by atoms with Crippen LogP contribution in [-0.4, -0.2) is 12.1 Å². The Bertz CT molecular complexity index is 835. The summed E-state index contributed by atoms with van der Waals surface area (Å²) < 4.78 is 0. The molecular weight excluding hydrogens is 296 g/mol. The van der Waals surface area contributed by atoms with E-state index in [1.807, 2.05) is 73.7 Å². The van der Waals surface area contributed by atoms with Gasteiger partial charge in [0.15, 0.2) is 0 Å². The van der Waals surface area contributed by atoms with Crippen LogP contribution in [0.3, 0.4) is 0 Å². The molecule has 0 unspecified atom stereocenters. The Kier molecular flexibility index (Phi) is 4.82. The number of carbonyl (C=O) groups is 1. The van der Waals surface area contributed by atoms with Crippen molar-refractivity contribution in [1.29, 1.82) is 0 Å². The van der Waals surface area contributed by atoms with Crippen LogP contribution >= 0.6 is 0 Å². The molecule has 0 fully saturated rings. The van der Waals surface area contributed by atoms with Gasteiger partial charge < -0.3 is 0 Å². The number of hydrogen-bond donors (Lipinski definition) is 1. The minimum atomic E-state index is -0.224. The Balaban J connectivity index is 1.64. The highest BCUT2D eigenvalue weighted by Crippen LogP contribution is 2.19. The maximum Gasteiger partial charge on any atom is 0.271 e. The van der Waals surface area contributed by atoms with Crippen molar-refractivity contribution in [2.24, 2.45) is 5.10 Å². The van der Waals surface area contributed by atoms with Crippen molar-refractivity contribution in [2.75, 3.05) is 0 Å². The van der Waals surface area contributed by atoms with Crippen molar-refractivity contribution in [1.82, 2.24) is 5.43 Å². The van der Waals surface area contributed by atoms with E-state index in [-0.39, 0.29) is 5.91 Å². The van der Waals surface area contributed by atoms with Gasteiger partial charge in [-0.3, -0.25) is 4.79 Å². The van der Waals surface area contributed by atoms with Gasteiger partial charge in [0.25, 0.3) is 5.91 Å². The summed E-state index contributed by atoms with van der Waals surface area (Å²) in [6.45, 7) is 2.03. The van der Waals surface area contributed by atoms with E-state index in [4.69, 9.17) is 0 Å². The van der Waals surface area contributed by atoms with Gasteiger partial charge in [0, 0.05) is 5.56 Å². The first-order valence-electron chi connectivity index (χ1n) is 7.78. The van der Waals surface area contributed by atoms with Gasteiger partial charge in [0.05, 0.1) is 6.21 Å². The summed E-state index contributed by atoms with van der Waals surface area (Å²) in [7, 11) is 0. The van der Waals surface area contributed by atoms with Gasteiger partial charge in [-0.05, 0) is 35.7 Å². The summed E-state index contributed by atoms with van der Waals surface area (Å²) in [5, 5.41) is 4.00. The monoisotopic (exact) mass is 314 g/mol. The molecule has 3 heteroatoms. The van der Waals surface area contributed by atoms with Crippen molar-refractivity contribution in [3.05, 3.63) is 95.6 Å². The van der Waals surface area contributed by atoms with E-state index in [0.717, 1.165) is 16.7 Å². The van der Waals surface area contributed by atoms with E-state index in [9.17, 15) is 4.79 Å². The molecule has 0 aliphatic heterocycles. The zero-order chi connectivity index (χ0) is 16.8. The Morgan fingerprint density at radius 2 is 1.46 bits per heavy atom. The van der Waals surface area contributed by atoms with Crippen molar-refractivity contribution >= 4 is 12.1 Å². The van der Waals surface area contributed by atoms with E-state index in [2.05, 4.69) is 10.5 Å². The Morgan fingerprint density at radius 3 is 2.12 bits per heavy atom. The highest BCUT2D eigenvalue weighted by atomic mass is 16.2. The molecule has 0 aliphatic rings. The second-order valence-corrected chi connectivity index (χ2v) is 5.55. The second kappa shape index (κ2) is 7.38. The number of nitrogens with one attached hydrogen (secondary N) is 1. The van der Waals surface area contributed by atoms with Crippen LogP contribution < -0.4 is 5.43 Å². The highest BCUT2D eigenvalue weighted by molar-refractivity contribution is 5.95. The minimum Gasteiger partial charge on any atom is -0.267 e. The molecule has 0 aromatic heterocycles. The number of nitrogens with zero attached hydrogens (tertiary/aromatic N) is 1. The van der Waals surface area contributed by atoms with Gasteiger partial charge in [-0.2, -0.15) is 5.10 Å². The molecule has 0 spiro atoms. The van der Waals surface area contributed by atoms with E-state index in [1.165, 1.54) is 5.56 Å². The molecule has 0 aliphatic carbocycles. The van der Waals surface area contributed by atoms with Crippen molar-refractivity contribution in [3.8, 4) is 11.1 Å². The number of hydrogen-bond acceptors (Lipinski definition) is 2. The SMILES string of the molecule is Cc1ccc(C=NNC(=O)c2ccc(-c3ccccc3)cc2)cc1. The third kappa shape index (κ3) is 3.96. The largest absolute Gasteiger partial charge is 0.271 e. The molecule has 0 bridgehead atoms. The average Bonchev–Trinajstić information content (AvgIpc) is 2.64. The third-order valence-corrected chi connectivity index (χ3v) is 3.71. The van der Waals surface area contributed by atoms with Crippen LogP contribution in [0.1, 0.15) is 21.5 Å². The van der Waals surface area contributed by atoms with E-state index >= 15 is 0 Å². The summed E-state index contributed by atoms with van der Waals surface area (Å²) in [5.41, 5.74) is 7.47. The molecule has 0 atom stereocenters. The number of benzene rings is 3. The predicted molar refractivity (Wildman–Crippen MR) is 98.1 cm³/mol. The van der Waals surface area contributed by atoms with Crippen molar-refractivity contribution < 1.29 is 4.79 Å². The van der Waals surface area contributed by atoms with Gasteiger partial charge in [-0.15, -0.1) is 0 Å². The molecule has 0 saturated carbocycles. The summed E-state index contributed by atoms with van der Waals surface area (Å²) in [4.78, 5) is 12.1. The van der Waals surface area contributed by atoms with Crippen molar-refractivity contribution in [2.45, 2.75) is 6.92 Å². The number of hydrazone groups is 1. The Hall–Kier alpha value is -3.20. The van der Waals surface area contributed by atoms with Crippen LogP contribution in [0.4, 0.5) is 0 Å². The topological polar surface area (TPSA) is 41.5 Å². The molecular formula is C21H18N2O.